The van der Waals surface area contributed by atoms with Crippen molar-refractivity contribution in [2.24, 2.45) is 5.92 Å². The highest BCUT2D eigenvalue weighted by Gasteiger charge is 2.26. The van der Waals surface area contributed by atoms with Crippen LogP contribution in [0.5, 0.6) is 0 Å². The van der Waals surface area contributed by atoms with Crippen molar-refractivity contribution in [2.75, 3.05) is 6.54 Å². The number of nitro groups is 1. The van der Waals surface area contributed by atoms with Crippen LogP contribution in [-0.4, -0.2) is 17.5 Å². The molecule has 1 fully saturated rings. The maximum Gasteiger partial charge on any atom is 0.272 e. The summed E-state index contributed by atoms with van der Waals surface area (Å²) in [6, 6.07) is 6.04. The number of hydrogen-bond donors (Lipinski definition) is 1. The normalized spacial score (nSPS) is 22.2. The molecule has 1 N–H and O–H groups in total. The van der Waals surface area contributed by atoms with E-state index < -0.39 is 0 Å². The summed E-state index contributed by atoms with van der Waals surface area (Å²) >= 11 is 0. The Morgan fingerprint density at radius 3 is 2.81 bits per heavy atom. The van der Waals surface area contributed by atoms with Crippen molar-refractivity contribution in [1.29, 1.82) is 0 Å². The summed E-state index contributed by atoms with van der Waals surface area (Å²) in [4.78, 5) is 10.8. The van der Waals surface area contributed by atoms with Gasteiger partial charge in [0.1, 0.15) is 0 Å². The summed E-state index contributed by atoms with van der Waals surface area (Å²) in [5.41, 5.74) is 2.23. The lowest BCUT2D eigenvalue weighted by atomic mass is 9.80. The summed E-state index contributed by atoms with van der Waals surface area (Å²) in [5.74, 6) is 0.603. The first kappa shape index (κ1) is 16.0. The molecule has 0 heterocycles. The van der Waals surface area contributed by atoms with E-state index in [2.05, 4.69) is 12.2 Å². The monoisotopic (exact) mass is 290 g/mol. The SMILES string of the molecule is CCCNC1CCCCC1Cc1cccc([N+](=O)[O-])c1C. The van der Waals surface area contributed by atoms with Crippen LogP contribution in [0.1, 0.15) is 50.2 Å². The van der Waals surface area contributed by atoms with Crippen LogP contribution in [0.15, 0.2) is 18.2 Å². The van der Waals surface area contributed by atoms with Gasteiger partial charge in [-0.05, 0) is 50.6 Å². The summed E-state index contributed by atoms with van der Waals surface area (Å²) < 4.78 is 0. The first-order valence-electron chi connectivity index (χ1n) is 8.09. The molecule has 0 radical (unpaired) electrons. The van der Waals surface area contributed by atoms with Crippen molar-refractivity contribution in [2.45, 2.75) is 58.4 Å². The highest BCUT2D eigenvalue weighted by molar-refractivity contribution is 5.44. The van der Waals surface area contributed by atoms with Crippen molar-refractivity contribution in [1.82, 2.24) is 5.32 Å². The molecule has 1 aromatic rings. The molecule has 1 saturated carbocycles. The van der Waals surface area contributed by atoms with Crippen LogP contribution in [0.3, 0.4) is 0 Å². The standard InChI is InChI=1S/C17H26N2O2/c1-3-11-18-16-9-5-4-7-15(16)12-14-8-6-10-17(13(14)2)19(20)21/h6,8,10,15-16,18H,3-5,7,9,11-12H2,1-2H3. The lowest BCUT2D eigenvalue weighted by Gasteiger charge is -2.32. The summed E-state index contributed by atoms with van der Waals surface area (Å²) in [7, 11) is 0. The Balaban J connectivity index is 2.11. The van der Waals surface area contributed by atoms with Crippen molar-refractivity contribution >= 4 is 5.69 Å². The molecule has 116 valence electrons. The van der Waals surface area contributed by atoms with Gasteiger partial charge in [0.2, 0.25) is 0 Å². The van der Waals surface area contributed by atoms with Gasteiger partial charge in [-0.3, -0.25) is 10.1 Å². The molecule has 21 heavy (non-hydrogen) atoms. The fourth-order valence-electron chi connectivity index (χ4n) is 3.42. The van der Waals surface area contributed by atoms with Gasteiger partial charge in [-0.15, -0.1) is 0 Å². The van der Waals surface area contributed by atoms with Gasteiger partial charge in [0.05, 0.1) is 4.92 Å². The zero-order chi connectivity index (χ0) is 15.2. The molecule has 0 saturated heterocycles. The minimum absolute atomic E-state index is 0.251. The molecule has 0 aromatic heterocycles. The molecular weight excluding hydrogens is 264 g/mol. The van der Waals surface area contributed by atoms with E-state index in [0.29, 0.717) is 12.0 Å². The second-order valence-electron chi connectivity index (χ2n) is 6.13. The minimum Gasteiger partial charge on any atom is -0.314 e. The molecule has 2 atom stereocenters. The molecule has 4 heteroatoms. The molecule has 0 amide bonds. The first-order valence-corrected chi connectivity index (χ1v) is 8.09. The van der Waals surface area contributed by atoms with Crippen molar-refractivity contribution < 1.29 is 4.92 Å². The zero-order valence-electron chi connectivity index (χ0n) is 13.1. The fourth-order valence-corrected chi connectivity index (χ4v) is 3.42. The summed E-state index contributed by atoms with van der Waals surface area (Å²) in [6.45, 7) is 5.13. The first-order chi connectivity index (χ1) is 10.1. The second-order valence-corrected chi connectivity index (χ2v) is 6.13. The second kappa shape index (κ2) is 7.55. The quantitative estimate of drug-likeness (QED) is 0.636. The fraction of sp³-hybridized carbons (Fsp3) is 0.647. The number of nitrogens with zero attached hydrogens (tertiary/aromatic N) is 1. The van der Waals surface area contributed by atoms with Gasteiger partial charge >= 0.3 is 0 Å². The smallest absolute Gasteiger partial charge is 0.272 e. The summed E-state index contributed by atoms with van der Waals surface area (Å²) in [5, 5.41) is 14.7. The summed E-state index contributed by atoms with van der Waals surface area (Å²) in [6.07, 6.45) is 7.14. The van der Waals surface area contributed by atoms with Gasteiger partial charge in [-0.1, -0.05) is 31.9 Å². The van der Waals surface area contributed by atoms with Crippen LogP contribution in [0.4, 0.5) is 5.69 Å². The Morgan fingerprint density at radius 1 is 1.33 bits per heavy atom. The van der Waals surface area contributed by atoms with Crippen LogP contribution in [0.2, 0.25) is 0 Å². The van der Waals surface area contributed by atoms with E-state index in [1.807, 2.05) is 19.1 Å². The Kier molecular flexibility index (Phi) is 5.74. The van der Waals surface area contributed by atoms with Gasteiger partial charge in [0.25, 0.3) is 5.69 Å². The predicted molar refractivity (Wildman–Crippen MR) is 85.6 cm³/mol. The number of nitro benzene ring substituents is 1. The van der Waals surface area contributed by atoms with E-state index >= 15 is 0 Å². The Hall–Kier alpha value is -1.42. The number of nitrogens with one attached hydrogen (secondary N) is 1. The van der Waals surface area contributed by atoms with Gasteiger partial charge < -0.3 is 5.32 Å². The van der Waals surface area contributed by atoms with Crippen LogP contribution in [0, 0.1) is 23.0 Å². The molecule has 2 rings (SSSR count). The van der Waals surface area contributed by atoms with E-state index in [1.54, 1.807) is 6.07 Å². The topological polar surface area (TPSA) is 55.2 Å². The van der Waals surface area contributed by atoms with Crippen LogP contribution < -0.4 is 5.32 Å². The molecule has 1 aliphatic rings. The number of hydrogen-bond acceptors (Lipinski definition) is 3. The van der Waals surface area contributed by atoms with E-state index in [4.69, 9.17) is 0 Å². The maximum atomic E-state index is 11.1. The minimum atomic E-state index is -0.271. The molecule has 1 aromatic carbocycles. The van der Waals surface area contributed by atoms with Gasteiger partial charge in [-0.2, -0.15) is 0 Å². The average Bonchev–Trinajstić information content (AvgIpc) is 2.48. The third kappa shape index (κ3) is 4.03. The van der Waals surface area contributed by atoms with E-state index in [-0.39, 0.29) is 10.6 Å². The Labute approximate surface area is 127 Å². The van der Waals surface area contributed by atoms with Gasteiger partial charge in [0, 0.05) is 17.7 Å². The maximum absolute atomic E-state index is 11.1. The molecule has 1 aliphatic carbocycles. The lowest BCUT2D eigenvalue weighted by molar-refractivity contribution is -0.385. The third-order valence-corrected chi connectivity index (χ3v) is 4.66. The van der Waals surface area contributed by atoms with Crippen molar-refractivity contribution in [3.05, 3.63) is 39.4 Å². The van der Waals surface area contributed by atoms with Crippen molar-refractivity contribution in [3.63, 3.8) is 0 Å². The number of rotatable bonds is 6. The van der Waals surface area contributed by atoms with Gasteiger partial charge in [-0.25, -0.2) is 0 Å². The van der Waals surface area contributed by atoms with E-state index in [9.17, 15) is 10.1 Å². The molecular formula is C17H26N2O2. The Bertz CT molecular complexity index is 488. The van der Waals surface area contributed by atoms with E-state index in [0.717, 1.165) is 30.5 Å². The highest BCUT2D eigenvalue weighted by Crippen LogP contribution is 2.30. The lowest BCUT2D eigenvalue weighted by Crippen LogP contribution is -2.39. The van der Waals surface area contributed by atoms with Crippen LogP contribution in [0.25, 0.3) is 0 Å². The van der Waals surface area contributed by atoms with E-state index in [1.165, 1.54) is 25.7 Å². The highest BCUT2D eigenvalue weighted by atomic mass is 16.6. The molecule has 2 unspecified atom stereocenters. The van der Waals surface area contributed by atoms with Gasteiger partial charge in [0.15, 0.2) is 0 Å². The largest absolute Gasteiger partial charge is 0.314 e. The zero-order valence-corrected chi connectivity index (χ0v) is 13.1. The molecule has 0 aliphatic heterocycles. The third-order valence-electron chi connectivity index (χ3n) is 4.66. The average molecular weight is 290 g/mol. The predicted octanol–water partition coefficient (Wildman–Crippen LogP) is 4.00. The van der Waals surface area contributed by atoms with Crippen LogP contribution >= 0.6 is 0 Å². The molecule has 4 nitrogen and oxygen atoms in total. The Morgan fingerprint density at radius 2 is 2.10 bits per heavy atom. The molecule has 0 bridgehead atoms. The van der Waals surface area contributed by atoms with Crippen LogP contribution in [-0.2, 0) is 6.42 Å². The number of benzene rings is 1. The molecule has 0 spiro atoms. The van der Waals surface area contributed by atoms with Crippen molar-refractivity contribution in [3.8, 4) is 0 Å².